The maximum Gasteiger partial charge on any atom is 0.335 e. The SMILES string of the molecule is O=C(O)c1ccc2c(c1)nc1nc(Nc3ccc(F)c(Cl)c3)[nH]n12. The number of aromatic amines is 1. The van der Waals surface area contributed by atoms with Gasteiger partial charge in [-0.15, -0.1) is 0 Å². The zero-order valence-corrected chi connectivity index (χ0v) is 12.7. The molecular weight excluding hydrogens is 337 g/mol. The maximum atomic E-state index is 13.2. The molecule has 0 aliphatic heterocycles. The normalized spacial score (nSPS) is 11.2. The summed E-state index contributed by atoms with van der Waals surface area (Å²) in [5, 5.41) is 15.0. The van der Waals surface area contributed by atoms with Gasteiger partial charge in [-0.1, -0.05) is 11.6 Å². The average molecular weight is 346 g/mol. The van der Waals surface area contributed by atoms with E-state index in [0.717, 1.165) is 0 Å². The first-order valence-corrected chi connectivity index (χ1v) is 7.22. The second kappa shape index (κ2) is 5.20. The number of H-pyrrole nitrogens is 1. The molecule has 24 heavy (non-hydrogen) atoms. The van der Waals surface area contributed by atoms with Crippen LogP contribution in [0.1, 0.15) is 10.4 Å². The van der Waals surface area contributed by atoms with Gasteiger partial charge in [0.25, 0.3) is 5.78 Å². The van der Waals surface area contributed by atoms with E-state index in [0.29, 0.717) is 28.4 Å². The molecule has 0 radical (unpaired) electrons. The molecule has 3 N–H and O–H groups in total. The number of aromatic nitrogens is 4. The molecule has 0 saturated heterocycles. The van der Waals surface area contributed by atoms with Crippen LogP contribution < -0.4 is 5.32 Å². The molecule has 4 aromatic rings. The molecule has 4 rings (SSSR count). The van der Waals surface area contributed by atoms with Crippen LogP contribution in [0, 0.1) is 5.82 Å². The number of halogens is 2. The van der Waals surface area contributed by atoms with E-state index in [1.54, 1.807) is 10.6 Å². The lowest BCUT2D eigenvalue weighted by Gasteiger charge is -2.03. The number of carboxylic acids is 1. The molecule has 0 fully saturated rings. The number of nitrogens with zero attached hydrogens (tertiary/aromatic N) is 3. The topological polar surface area (TPSA) is 95.3 Å². The highest BCUT2D eigenvalue weighted by Crippen LogP contribution is 2.23. The lowest BCUT2D eigenvalue weighted by atomic mass is 10.2. The Morgan fingerprint density at radius 3 is 2.83 bits per heavy atom. The second-order valence-electron chi connectivity index (χ2n) is 5.08. The van der Waals surface area contributed by atoms with Gasteiger partial charge in [0.1, 0.15) is 5.82 Å². The average Bonchev–Trinajstić information content (AvgIpc) is 3.07. The number of hydrogen-bond donors (Lipinski definition) is 3. The van der Waals surface area contributed by atoms with Gasteiger partial charge in [-0.3, -0.25) is 5.10 Å². The van der Waals surface area contributed by atoms with Crippen LogP contribution in [-0.4, -0.2) is 30.7 Å². The van der Waals surface area contributed by atoms with Crippen LogP contribution in [-0.2, 0) is 0 Å². The van der Waals surface area contributed by atoms with Crippen molar-refractivity contribution in [2.45, 2.75) is 0 Å². The van der Waals surface area contributed by atoms with Crippen LogP contribution >= 0.6 is 11.6 Å². The van der Waals surface area contributed by atoms with E-state index in [1.807, 2.05) is 0 Å². The fourth-order valence-electron chi connectivity index (χ4n) is 2.38. The summed E-state index contributed by atoms with van der Waals surface area (Å²) >= 11 is 5.74. The lowest BCUT2D eigenvalue weighted by Crippen LogP contribution is -1.96. The number of fused-ring (bicyclic) bond motifs is 3. The molecule has 0 atom stereocenters. The molecule has 0 unspecified atom stereocenters. The van der Waals surface area contributed by atoms with E-state index < -0.39 is 11.8 Å². The number of nitrogens with one attached hydrogen (secondary N) is 2. The Balaban J connectivity index is 1.73. The summed E-state index contributed by atoms with van der Waals surface area (Å²) in [5.74, 6) is -0.749. The Morgan fingerprint density at radius 1 is 1.25 bits per heavy atom. The van der Waals surface area contributed by atoms with Crippen molar-refractivity contribution in [2.24, 2.45) is 0 Å². The summed E-state index contributed by atoms with van der Waals surface area (Å²) in [4.78, 5) is 19.6. The molecule has 120 valence electrons. The second-order valence-corrected chi connectivity index (χ2v) is 5.49. The summed E-state index contributed by atoms with van der Waals surface area (Å²) in [6.07, 6.45) is 0. The van der Waals surface area contributed by atoms with Crippen LogP contribution in [0.2, 0.25) is 5.02 Å². The van der Waals surface area contributed by atoms with Gasteiger partial charge in [0.15, 0.2) is 0 Å². The highest BCUT2D eigenvalue weighted by molar-refractivity contribution is 6.31. The van der Waals surface area contributed by atoms with Gasteiger partial charge >= 0.3 is 5.97 Å². The summed E-state index contributed by atoms with van der Waals surface area (Å²) in [6, 6.07) is 8.85. The molecule has 0 saturated carbocycles. The van der Waals surface area contributed by atoms with Crippen LogP contribution in [0.4, 0.5) is 16.0 Å². The van der Waals surface area contributed by atoms with Gasteiger partial charge in [0, 0.05) is 5.69 Å². The van der Waals surface area contributed by atoms with Crippen molar-refractivity contribution in [2.75, 3.05) is 5.32 Å². The smallest absolute Gasteiger partial charge is 0.335 e. The molecule has 2 aromatic heterocycles. The zero-order valence-electron chi connectivity index (χ0n) is 11.9. The van der Waals surface area contributed by atoms with Crippen LogP contribution in [0.3, 0.4) is 0 Å². The number of aromatic carboxylic acids is 1. The van der Waals surface area contributed by atoms with Gasteiger partial charge < -0.3 is 10.4 Å². The number of carboxylic acid groups (broad SMARTS) is 1. The van der Waals surface area contributed by atoms with E-state index in [-0.39, 0.29) is 10.6 Å². The van der Waals surface area contributed by atoms with Gasteiger partial charge in [-0.05, 0) is 36.4 Å². The van der Waals surface area contributed by atoms with Gasteiger partial charge in [-0.25, -0.2) is 18.7 Å². The summed E-state index contributed by atoms with van der Waals surface area (Å²) < 4.78 is 14.8. The van der Waals surface area contributed by atoms with Crippen molar-refractivity contribution < 1.29 is 14.3 Å². The zero-order chi connectivity index (χ0) is 16.8. The summed E-state index contributed by atoms with van der Waals surface area (Å²) in [7, 11) is 0. The first-order chi connectivity index (χ1) is 11.5. The quantitative estimate of drug-likeness (QED) is 0.528. The third-order valence-corrected chi connectivity index (χ3v) is 3.79. The minimum Gasteiger partial charge on any atom is -0.478 e. The Morgan fingerprint density at radius 2 is 2.08 bits per heavy atom. The Bertz CT molecular complexity index is 1100. The number of rotatable bonds is 3. The first kappa shape index (κ1) is 14.5. The number of carbonyl (C=O) groups is 1. The predicted molar refractivity (Wildman–Crippen MR) is 86.5 cm³/mol. The van der Waals surface area contributed by atoms with Gasteiger partial charge in [-0.2, -0.15) is 4.98 Å². The molecule has 0 aliphatic rings. The minimum atomic E-state index is -1.02. The largest absolute Gasteiger partial charge is 0.478 e. The molecule has 2 heterocycles. The lowest BCUT2D eigenvalue weighted by molar-refractivity contribution is 0.0697. The molecule has 7 nitrogen and oxygen atoms in total. The molecule has 0 amide bonds. The Kier molecular flexibility index (Phi) is 3.14. The fourth-order valence-corrected chi connectivity index (χ4v) is 2.56. The fraction of sp³-hybridized carbons (Fsp3) is 0. The van der Waals surface area contributed by atoms with E-state index in [9.17, 15) is 9.18 Å². The van der Waals surface area contributed by atoms with E-state index in [2.05, 4.69) is 20.4 Å². The summed E-state index contributed by atoms with van der Waals surface area (Å²) in [5.41, 5.74) is 1.93. The van der Waals surface area contributed by atoms with Crippen LogP contribution in [0.5, 0.6) is 0 Å². The molecule has 0 bridgehead atoms. The van der Waals surface area contributed by atoms with Crippen molar-refractivity contribution in [3.63, 3.8) is 0 Å². The van der Waals surface area contributed by atoms with Crippen molar-refractivity contribution in [1.82, 2.24) is 19.6 Å². The van der Waals surface area contributed by atoms with Gasteiger partial charge in [0.05, 0.1) is 21.6 Å². The molecule has 0 aliphatic carbocycles. The molecule has 9 heteroatoms. The number of benzene rings is 2. The number of imidazole rings is 1. The third-order valence-electron chi connectivity index (χ3n) is 3.50. The third kappa shape index (κ3) is 2.33. The minimum absolute atomic E-state index is 0.00276. The molecule has 0 spiro atoms. The highest BCUT2D eigenvalue weighted by Gasteiger charge is 2.12. The van der Waals surface area contributed by atoms with Crippen LogP contribution in [0.25, 0.3) is 16.8 Å². The summed E-state index contributed by atoms with van der Waals surface area (Å²) in [6.45, 7) is 0. The predicted octanol–water partition coefficient (Wildman–Crippen LogP) is 3.44. The van der Waals surface area contributed by atoms with E-state index in [1.165, 1.54) is 30.3 Å². The van der Waals surface area contributed by atoms with Crippen molar-refractivity contribution in [3.8, 4) is 0 Å². The maximum absolute atomic E-state index is 13.2. The highest BCUT2D eigenvalue weighted by atomic mass is 35.5. The molecule has 2 aromatic carbocycles. The number of hydrogen-bond acceptors (Lipinski definition) is 4. The van der Waals surface area contributed by atoms with Gasteiger partial charge in [0.2, 0.25) is 5.95 Å². The first-order valence-electron chi connectivity index (χ1n) is 6.85. The van der Waals surface area contributed by atoms with Crippen LogP contribution in [0.15, 0.2) is 36.4 Å². The Labute approximate surface area is 138 Å². The molecular formula is C15H9ClFN5O2. The van der Waals surface area contributed by atoms with Crippen molar-refractivity contribution in [1.29, 1.82) is 0 Å². The Hall–Kier alpha value is -3.13. The van der Waals surface area contributed by atoms with Crippen molar-refractivity contribution in [3.05, 3.63) is 52.8 Å². The van der Waals surface area contributed by atoms with E-state index >= 15 is 0 Å². The van der Waals surface area contributed by atoms with E-state index in [4.69, 9.17) is 16.7 Å². The number of anilines is 2. The monoisotopic (exact) mass is 345 g/mol. The standard InChI is InChI=1S/C15H9ClFN5O2/c16-9-6-8(2-3-10(9)17)18-14-20-15-19-11-5-7(13(23)24)1-4-12(11)22(15)21-14/h1-6H,(H,23,24)(H2,18,19,20,21). The van der Waals surface area contributed by atoms with Crippen molar-refractivity contribution >= 4 is 46.0 Å².